The second-order valence-corrected chi connectivity index (χ2v) is 31.2. The fraction of sp³-hybridized carbons (Fsp3) is 0.565. The standard InChI is InChI=1S/C18H25F2NO2.3C17H23F2NO2.C16H21F2NO2/c1-12(2)21-18(22)17(9-13-5-3-4-6-13)23-11-14-7-15(19)10-16(20)8-14;2*1-10(2)20-17(21)16(7-13-4-11(13)3)22-9-12-5-14(18)8-15(19)6-12;1-11(2)20-17(21)16(8-12-4-3-5-12)22-10-13-6-14(18)9-15(19)7-13;1-10(2)5-15(16(20)19-11(3)4)21-9-12-6-13(17)8-14(18)7-12/h7-8,10,12-13,17H,3-6,9,11H2,1-2H3,(H,21,22);2*5-6,8,10-11,13,16H,4,7,9H2,1-3H3,(H,20,21);6-7,9,11-12,16H,3-5,8,10H2,1-2H3,(H,20,21);6-8,11,15H,1,5,9H2,2-4H3,(H,19,20). The molecule has 610 valence electrons. The monoisotopic (exact) mass is 1560 g/mol. The van der Waals surface area contributed by atoms with E-state index in [4.69, 9.17) is 23.7 Å². The Hall–Kier alpha value is -7.71. The summed E-state index contributed by atoms with van der Waals surface area (Å²) in [7, 11) is 0. The first-order chi connectivity index (χ1) is 51.8. The predicted molar refractivity (Wildman–Crippen MR) is 403 cm³/mol. The first-order valence-corrected chi connectivity index (χ1v) is 38.3. The van der Waals surface area contributed by atoms with Crippen molar-refractivity contribution in [1.82, 2.24) is 26.6 Å². The zero-order valence-electron chi connectivity index (χ0n) is 65.9. The van der Waals surface area contributed by atoms with Crippen molar-refractivity contribution in [2.75, 3.05) is 0 Å². The smallest absolute Gasteiger partial charge is 0.249 e. The number of benzene rings is 5. The Kier molecular flexibility index (Phi) is 39.7. The zero-order valence-corrected chi connectivity index (χ0v) is 65.9. The molecule has 0 aliphatic heterocycles. The van der Waals surface area contributed by atoms with Gasteiger partial charge in [-0.05, 0) is 239 Å². The first-order valence-electron chi connectivity index (χ1n) is 38.3. The molecule has 0 saturated heterocycles. The molecule has 25 heteroatoms. The third kappa shape index (κ3) is 37.5. The molecule has 4 aliphatic rings. The number of nitrogens with one attached hydrogen (secondary N) is 5. The van der Waals surface area contributed by atoms with Crippen LogP contribution in [0.5, 0.6) is 0 Å². The number of hydrogen-bond acceptors (Lipinski definition) is 10. The topological polar surface area (TPSA) is 192 Å². The molecule has 5 N–H and O–H groups in total. The Labute approximate surface area is 643 Å². The molecule has 110 heavy (non-hydrogen) atoms. The van der Waals surface area contributed by atoms with Crippen molar-refractivity contribution in [2.24, 2.45) is 35.5 Å². The molecule has 9 atom stereocenters. The van der Waals surface area contributed by atoms with E-state index in [0.29, 0.717) is 95.4 Å². The van der Waals surface area contributed by atoms with Crippen molar-refractivity contribution < 1.29 is 91.6 Å². The van der Waals surface area contributed by atoms with Crippen LogP contribution in [0.15, 0.2) is 103 Å². The summed E-state index contributed by atoms with van der Waals surface area (Å²) >= 11 is 0. The number of carbonyl (C=O) groups is 5. The van der Waals surface area contributed by atoms with E-state index in [9.17, 15) is 67.9 Å². The van der Waals surface area contributed by atoms with Gasteiger partial charge in [0.05, 0.1) is 33.0 Å². The van der Waals surface area contributed by atoms with E-state index in [-0.39, 0.29) is 92.8 Å². The maximum Gasteiger partial charge on any atom is 0.249 e. The molecule has 0 radical (unpaired) electrons. The number of rotatable bonds is 35. The molecule has 4 aliphatic carbocycles. The summed E-state index contributed by atoms with van der Waals surface area (Å²) in [5.41, 5.74) is 2.72. The van der Waals surface area contributed by atoms with Crippen LogP contribution in [0.4, 0.5) is 43.9 Å². The van der Waals surface area contributed by atoms with Gasteiger partial charge in [-0.3, -0.25) is 24.0 Å². The lowest BCUT2D eigenvalue weighted by Gasteiger charge is -2.29. The van der Waals surface area contributed by atoms with Crippen LogP contribution in [-0.4, -0.2) is 90.3 Å². The molecular weight excluding hydrogens is 1440 g/mol. The van der Waals surface area contributed by atoms with Crippen LogP contribution in [0.3, 0.4) is 0 Å². The lowest BCUT2D eigenvalue weighted by atomic mass is 9.81. The second kappa shape index (κ2) is 47.0. The normalized spacial score (nSPS) is 17.8. The molecule has 4 saturated carbocycles. The molecule has 5 aromatic rings. The van der Waals surface area contributed by atoms with E-state index in [2.05, 4.69) is 47.0 Å². The van der Waals surface area contributed by atoms with Gasteiger partial charge in [-0.15, -0.1) is 6.58 Å². The van der Waals surface area contributed by atoms with E-state index in [1.165, 1.54) is 79.9 Å². The Morgan fingerprint density at radius 2 is 0.527 bits per heavy atom. The van der Waals surface area contributed by atoms with Crippen molar-refractivity contribution in [3.05, 3.63) is 189 Å². The minimum absolute atomic E-state index is 0.0136. The Morgan fingerprint density at radius 3 is 0.709 bits per heavy atom. The van der Waals surface area contributed by atoms with Crippen molar-refractivity contribution in [3.8, 4) is 0 Å². The highest BCUT2D eigenvalue weighted by molar-refractivity contribution is 5.83. The summed E-state index contributed by atoms with van der Waals surface area (Å²) < 4.78 is 160. The minimum atomic E-state index is -0.726. The fourth-order valence-corrected chi connectivity index (χ4v) is 12.5. The van der Waals surface area contributed by atoms with Crippen molar-refractivity contribution in [1.29, 1.82) is 0 Å². The van der Waals surface area contributed by atoms with Gasteiger partial charge in [0.25, 0.3) is 0 Å². The van der Waals surface area contributed by atoms with Crippen LogP contribution >= 0.6 is 0 Å². The van der Waals surface area contributed by atoms with Gasteiger partial charge >= 0.3 is 0 Å². The lowest BCUT2D eigenvalue weighted by molar-refractivity contribution is -0.136. The van der Waals surface area contributed by atoms with Crippen LogP contribution in [0.1, 0.15) is 208 Å². The molecule has 0 heterocycles. The van der Waals surface area contributed by atoms with Gasteiger partial charge in [0, 0.05) is 67.0 Å². The summed E-state index contributed by atoms with van der Waals surface area (Å²) in [6, 6.07) is 16.4. The van der Waals surface area contributed by atoms with Crippen molar-refractivity contribution in [2.45, 2.75) is 274 Å². The molecule has 0 spiro atoms. The highest BCUT2D eigenvalue weighted by Crippen LogP contribution is 2.43. The second-order valence-electron chi connectivity index (χ2n) is 31.2. The number of carbonyl (C=O) groups excluding carboxylic acids is 5. The average Bonchev–Trinajstić information content (AvgIpc) is 1.68. The van der Waals surface area contributed by atoms with E-state index >= 15 is 0 Å². The molecule has 15 nitrogen and oxygen atoms in total. The summed E-state index contributed by atoms with van der Waals surface area (Å²) in [5.74, 6) is -4.13. The molecule has 0 aromatic heterocycles. The largest absolute Gasteiger partial charge is 0.364 e. The highest BCUT2D eigenvalue weighted by atomic mass is 19.2. The van der Waals surface area contributed by atoms with Crippen LogP contribution in [0.25, 0.3) is 0 Å². The van der Waals surface area contributed by atoms with Crippen LogP contribution in [-0.2, 0) is 80.7 Å². The summed E-state index contributed by atoms with van der Waals surface area (Å²) in [6.45, 7) is 28.7. The zero-order chi connectivity index (χ0) is 81.5. The van der Waals surface area contributed by atoms with Crippen molar-refractivity contribution in [3.63, 3.8) is 0 Å². The first kappa shape index (κ1) is 92.9. The maximum absolute atomic E-state index is 13.2. The molecule has 4 fully saturated rings. The van der Waals surface area contributed by atoms with Crippen LogP contribution in [0.2, 0.25) is 0 Å². The minimum Gasteiger partial charge on any atom is -0.364 e. The molecular formula is C85H115F10N5O10. The van der Waals surface area contributed by atoms with Crippen LogP contribution < -0.4 is 26.6 Å². The predicted octanol–water partition coefficient (Wildman–Crippen LogP) is 17.7. The summed E-state index contributed by atoms with van der Waals surface area (Å²) in [5, 5.41) is 14.1. The lowest BCUT2D eigenvalue weighted by Crippen LogP contribution is -2.41. The molecule has 5 aromatic carbocycles. The van der Waals surface area contributed by atoms with E-state index in [1.807, 2.05) is 69.2 Å². The van der Waals surface area contributed by atoms with Crippen molar-refractivity contribution >= 4 is 29.5 Å². The van der Waals surface area contributed by atoms with Gasteiger partial charge in [-0.1, -0.05) is 64.4 Å². The number of halogens is 10. The van der Waals surface area contributed by atoms with Gasteiger partial charge in [-0.2, -0.15) is 0 Å². The number of ether oxygens (including phenoxy) is 5. The Balaban J connectivity index is 0.000000246. The molecule has 0 bridgehead atoms. The average molecular weight is 1560 g/mol. The molecule has 9 unspecified atom stereocenters. The third-order valence-corrected chi connectivity index (χ3v) is 18.4. The van der Waals surface area contributed by atoms with E-state index in [1.54, 1.807) is 6.92 Å². The van der Waals surface area contributed by atoms with Gasteiger partial charge in [0.15, 0.2) is 0 Å². The number of hydrogen-bond donors (Lipinski definition) is 5. The highest BCUT2D eigenvalue weighted by Gasteiger charge is 2.39. The number of amides is 5. The SMILES string of the molecule is C=C(C)CC(OCc1cc(F)cc(F)c1)C(=O)NC(C)C.CC(C)NC(=O)C(CC1CC1C)OCc1cc(F)cc(F)c1.CC(C)NC(=O)C(CC1CC1C)OCc1cc(F)cc(F)c1.CC(C)NC(=O)C(CC1CCC1)OCc1cc(F)cc(F)c1.CC(C)NC(=O)C(CC1CCCC1)OCc1cc(F)cc(F)c1. The molecule has 5 amide bonds. The van der Waals surface area contributed by atoms with Gasteiger partial charge < -0.3 is 50.3 Å². The maximum atomic E-state index is 13.2. The van der Waals surface area contributed by atoms with E-state index < -0.39 is 88.7 Å². The van der Waals surface area contributed by atoms with E-state index in [0.717, 1.165) is 74.4 Å². The molecule has 9 rings (SSSR count). The Bertz CT molecular complexity index is 3410. The third-order valence-electron chi connectivity index (χ3n) is 18.4. The quantitative estimate of drug-likeness (QED) is 0.0193. The fourth-order valence-electron chi connectivity index (χ4n) is 12.5. The van der Waals surface area contributed by atoms with Gasteiger partial charge in [-0.25, -0.2) is 43.9 Å². The van der Waals surface area contributed by atoms with Crippen LogP contribution in [0, 0.1) is 93.7 Å². The van der Waals surface area contributed by atoms with Gasteiger partial charge in [0.1, 0.15) is 88.7 Å². The summed E-state index contributed by atoms with van der Waals surface area (Å²) in [4.78, 5) is 60.9. The summed E-state index contributed by atoms with van der Waals surface area (Å²) in [6.07, 6.45) is 10.2. The Morgan fingerprint density at radius 1 is 0.336 bits per heavy atom. The van der Waals surface area contributed by atoms with Gasteiger partial charge in [0.2, 0.25) is 29.5 Å².